The third-order valence-corrected chi connectivity index (χ3v) is 5.56. The summed E-state index contributed by atoms with van der Waals surface area (Å²) in [6, 6.07) is 7.01. The molecule has 0 aromatic carbocycles. The van der Waals surface area contributed by atoms with Gasteiger partial charge in [-0.2, -0.15) is 4.98 Å². The van der Waals surface area contributed by atoms with E-state index in [-0.39, 0.29) is 35.4 Å². The summed E-state index contributed by atoms with van der Waals surface area (Å²) < 4.78 is 25.7. The summed E-state index contributed by atoms with van der Waals surface area (Å²) in [4.78, 5) is 31.3. The second-order valence-corrected chi connectivity index (χ2v) is 8.78. The predicted molar refractivity (Wildman–Crippen MR) is 128 cm³/mol. The van der Waals surface area contributed by atoms with Crippen LogP contribution < -0.4 is 25.6 Å². The van der Waals surface area contributed by atoms with Crippen molar-refractivity contribution in [2.75, 3.05) is 40.5 Å². The maximum atomic E-state index is 14.4. The molecule has 2 aliphatic rings. The van der Waals surface area contributed by atoms with Crippen LogP contribution in [-0.4, -0.2) is 57.2 Å². The largest absolute Gasteiger partial charge is 0.474 e. The Balaban J connectivity index is 1.29. The molecule has 11 nitrogen and oxygen atoms in total. The molecule has 3 aromatic rings. The summed E-state index contributed by atoms with van der Waals surface area (Å²) in [6.07, 6.45) is 2.88. The molecule has 182 valence electrons. The number of amides is 1. The Morgan fingerprint density at radius 2 is 2.00 bits per heavy atom. The van der Waals surface area contributed by atoms with E-state index in [2.05, 4.69) is 40.8 Å². The Bertz CT molecular complexity index is 1250. The molecule has 0 spiro atoms. The van der Waals surface area contributed by atoms with Crippen molar-refractivity contribution >= 4 is 40.8 Å². The smallest absolute Gasteiger partial charge is 0.269 e. The number of ether oxygens (including phenoxy) is 2. The number of rotatable bonds is 5. The first-order valence-electron chi connectivity index (χ1n) is 11.2. The Labute approximate surface area is 201 Å². The van der Waals surface area contributed by atoms with Crippen molar-refractivity contribution in [2.45, 2.75) is 32.5 Å². The van der Waals surface area contributed by atoms with Crippen LogP contribution >= 0.6 is 0 Å². The first-order chi connectivity index (χ1) is 16.8. The predicted octanol–water partition coefficient (Wildman–Crippen LogP) is 3.23. The zero-order valence-corrected chi connectivity index (χ0v) is 19.5. The molecule has 1 saturated heterocycles. The van der Waals surface area contributed by atoms with Crippen molar-refractivity contribution in [3.05, 3.63) is 42.5 Å². The number of carbonyl (C=O) groups excluding carboxylic acids is 1. The number of aromatic nitrogens is 4. The fourth-order valence-electron chi connectivity index (χ4n) is 3.71. The average molecular weight is 481 g/mol. The highest BCUT2D eigenvalue weighted by molar-refractivity contribution is 5.99. The van der Waals surface area contributed by atoms with Crippen molar-refractivity contribution in [3.8, 4) is 5.75 Å². The van der Waals surface area contributed by atoms with Gasteiger partial charge in [0.05, 0.1) is 30.8 Å². The number of fused-ring (bicyclic) bond motifs is 1. The topological polar surface area (TPSA) is 126 Å². The molecule has 0 saturated carbocycles. The molecule has 35 heavy (non-hydrogen) atoms. The van der Waals surface area contributed by atoms with Gasteiger partial charge in [0.2, 0.25) is 5.95 Å². The van der Waals surface area contributed by atoms with Gasteiger partial charge in [0, 0.05) is 13.1 Å². The lowest BCUT2D eigenvalue weighted by Crippen LogP contribution is -2.46. The van der Waals surface area contributed by atoms with Crippen LogP contribution in [0.25, 0.3) is 0 Å². The number of nitrogens with zero attached hydrogens (tertiary/aromatic N) is 5. The molecular formula is C23H25FN8O3. The van der Waals surface area contributed by atoms with Crippen molar-refractivity contribution in [2.24, 2.45) is 0 Å². The highest BCUT2D eigenvalue weighted by Crippen LogP contribution is 2.33. The summed E-state index contributed by atoms with van der Waals surface area (Å²) in [6.45, 7) is 7.58. The van der Waals surface area contributed by atoms with Crippen molar-refractivity contribution in [3.63, 3.8) is 0 Å². The maximum Gasteiger partial charge on any atom is 0.269 e. The number of anilines is 6. The van der Waals surface area contributed by atoms with Crippen LogP contribution in [0.15, 0.2) is 36.7 Å². The summed E-state index contributed by atoms with van der Waals surface area (Å²) in [5.41, 5.74) is -0.349. The van der Waals surface area contributed by atoms with Gasteiger partial charge >= 0.3 is 0 Å². The molecule has 0 aliphatic carbocycles. The fraction of sp³-hybridized carbons (Fsp3) is 0.348. The van der Waals surface area contributed by atoms with E-state index in [4.69, 9.17) is 9.47 Å². The monoisotopic (exact) mass is 480 g/mol. The number of carbonyl (C=O) groups is 1. The molecular weight excluding hydrogens is 455 g/mol. The van der Waals surface area contributed by atoms with Gasteiger partial charge < -0.3 is 30.3 Å². The zero-order chi connectivity index (χ0) is 24.6. The number of nitrogens with one attached hydrogen (secondary N) is 3. The molecule has 3 aromatic heterocycles. The maximum absolute atomic E-state index is 14.4. The third kappa shape index (κ3) is 4.92. The molecule has 0 radical (unpaired) electrons. The Morgan fingerprint density at radius 1 is 1.14 bits per heavy atom. The molecule has 1 fully saturated rings. The van der Waals surface area contributed by atoms with E-state index in [1.165, 1.54) is 0 Å². The van der Waals surface area contributed by atoms with Crippen LogP contribution in [0.2, 0.25) is 0 Å². The minimum absolute atomic E-state index is 0.0785. The van der Waals surface area contributed by atoms with E-state index in [0.717, 1.165) is 25.1 Å². The summed E-state index contributed by atoms with van der Waals surface area (Å²) in [5, 5.41) is 8.55. The van der Waals surface area contributed by atoms with Crippen LogP contribution in [0.4, 0.5) is 39.3 Å². The van der Waals surface area contributed by atoms with Gasteiger partial charge in [0.25, 0.3) is 5.91 Å². The van der Waals surface area contributed by atoms with E-state index in [9.17, 15) is 9.18 Å². The molecule has 5 rings (SSSR count). The number of halogens is 1. The summed E-state index contributed by atoms with van der Waals surface area (Å²) >= 11 is 0. The molecule has 2 aliphatic heterocycles. The molecule has 0 unspecified atom stereocenters. The van der Waals surface area contributed by atoms with Crippen LogP contribution in [0.1, 0.15) is 20.8 Å². The standard InChI is InChI=1S/C23H25FN8O3/c1-13-12-32(8-9-34-13)18-7-4-14(10-25-18)27-22-26-11-15(24)19(31-22)28-17-6-5-16-20(29-17)30-21(33)23(2,3)35-16/h4-7,10-11,13H,8-9,12H2,1-3H3,(H3,26,27,28,29,30,31,33)/t13-/m0/s1. The van der Waals surface area contributed by atoms with E-state index in [1.807, 2.05) is 19.1 Å². The van der Waals surface area contributed by atoms with E-state index in [0.29, 0.717) is 18.0 Å². The minimum atomic E-state index is -1.00. The number of hydrogen-bond acceptors (Lipinski definition) is 10. The third-order valence-electron chi connectivity index (χ3n) is 5.56. The molecule has 1 atom stereocenters. The quantitative estimate of drug-likeness (QED) is 0.501. The number of pyridine rings is 2. The zero-order valence-electron chi connectivity index (χ0n) is 19.5. The Hall–Kier alpha value is -4.06. The number of hydrogen-bond donors (Lipinski definition) is 3. The van der Waals surface area contributed by atoms with Gasteiger partial charge in [0.15, 0.2) is 28.8 Å². The van der Waals surface area contributed by atoms with E-state index >= 15 is 0 Å². The van der Waals surface area contributed by atoms with Crippen molar-refractivity contribution in [1.29, 1.82) is 0 Å². The Morgan fingerprint density at radius 3 is 2.77 bits per heavy atom. The van der Waals surface area contributed by atoms with Crippen molar-refractivity contribution in [1.82, 2.24) is 19.9 Å². The summed E-state index contributed by atoms with van der Waals surface area (Å²) in [5.74, 6) is 0.919. The molecule has 12 heteroatoms. The van der Waals surface area contributed by atoms with Gasteiger partial charge in [-0.3, -0.25) is 4.79 Å². The normalized spacial score (nSPS) is 18.8. The minimum Gasteiger partial charge on any atom is -0.474 e. The molecule has 0 bridgehead atoms. The second-order valence-electron chi connectivity index (χ2n) is 8.78. The molecule has 3 N–H and O–H groups in total. The number of morpholine rings is 1. The lowest BCUT2D eigenvalue weighted by molar-refractivity contribution is -0.129. The lowest BCUT2D eigenvalue weighted by atomic mass is 10.1. The van der Waals surface area contributed by atoms with Gasteiger partial charge in [-0.15, -0.1) is 0 Å². The van der Waals surface area contributed by atoms with Gasteiger partial charge in [0.1, 0.15) is 11.6 Å². The average Bonchev–Trinajstić information content (AvgIpc) is 2.82. The molecule has 5 heterocycles. The summed E-state index contributed by atoms with van der Waals surface area (Å²) in [7, 11) is 0. The van der Waals surface area contributed by atoms with Gasteiger partial charge in [-0.05, 0) is 45.0 Å². The second kappa shape index (κ2) is 8.95. The van der Waals surface area contributed by atoms with Crippen molar-refractivity contribution < 1.29 is 18.7 Å². The van der Waals surface area contributed by atoms with E-state index in [1.54, 1.807) is 32.2 Å². The van der Waals surface area contributed by atoms with Crippen LogP contribution in [0.3, 0.4) is 0 Å². The molecule has 1 amide bonds. The Kier molecular flexibility index (Phi) is 5.81. The lowest BCUT2D eigenvalue weighted by Gasteiger charge is -2.32. The van der Waals surface area contributed by atoms with Crippen LogP contribution in [0, 0.1) is 5.82 Å². The van der Waals surface area contributed by atoms with Crippen LogP contribution in [-0.2, 0) is 9.53 Å². The van der Waals surface area contributed by atoms with E-state index < -0.39 is 11.4 Å². The highest BCUT2D eigenvalue weighted by Gasteiger charge is 2.36. The highest BCUT2D eigenvalue weighted by atomic mass is 19.1. The van der Waals surface area contributed by atoms with Crippen LogP contribution in [0.5, 0.6) is 5.75 Å². The first kappa shape index (κ1) is 22.7. The van der Waals surface area contributed by atoms with Gasteiger partial charge in [-0.25, -0.2) is 19.3 Å². The fourth-order valence-corrected chi connectivity index (χ4v) is 3.71. The first-order valence-corrected chi connectivity index (χ1v) is 11.2. The SMILES string of the molecule is C[C@H]1CN(c2ccc(Nc3ncc(F)c(Nc4ccc5c(n4)NC(=O)C(C)(C)O5)n3)cn2)CCO1. The van der Waals surface area contributed by atoms with Gasteiger partial charge in [-0.1, -0.05) is 0 Å².